The van der Waals surface area contributed by atoms with Gasteiger partial charge in [-0.25, -0.2) is 4.79 Å². The third-order valence-corrected chi connectivity index (χ3v) is 3.12. The van der Waals surface area contributed by atoms with Crippen LogP contribution >= 0.6 is 0 Å². The molecule has 1 saturated heterocycles. The van der Waals surface area contributed by atoms with E-state index in [-0.39, 0.29) is 6.09 Å². The molecule has 1 heterocycles. The highest BCUT2D eigenvalue weighted by molar-refractivity contribution is 5.67. The summed E-state index contributed by atoms with van der Waals surface area (Å²) in [5.74, 6) is 0.879. The van der Waals surface area contributed by atoms with Crippen molar-refractivity contribution in [2.24, 2.45) is 5.92 Å². The lowest BCUT2D eigenvalue weighted by atomic mass is 10.0. The number of ether oxygens (including phenoxy) is 1. The van der Waals surface area contributed by atoms with E-state index in [1.807, 2.05) is 20.8 Å². The minimum Gasteiger partial charge on any atom is -0.444 e. The zero-order valence-electron chi connectivity index (χ0n) is 12.1. The van der Waals surface area contributed by atoms with E-state index in [0.717, 1.165) is 18.9 Å². The Morgan fingerprint density at radius 1 is 1.33 bits per heavy atom. The maximum absolute atomic E-state index is 11.4. The van der Waals surface area contributed by atoms with Crippen LogP contribution in [0.3, 0.4) is 0 Å². The number of unbranched alkanes of at least 4 members (excludes halogenated alkanes) is 2. The summed E-state index contributed by atoms with van der Waals surface area (Å²) < 4.78 is 5.17. The molecule has 0 aromatic rings. The van der Waals surface area contributed by atoms with Crippen molar-refractivity contribution in [3.63, 3.8) is 0 Å². The highest BCUT2D eigenvalue weighted by atomic mass is 16.6. The molecular formula is C14H28N2O2. The van der Waals surface area contributed by atoms with E-state index >= 15 is 0 Å². The summed E-state index contributed by atoms with van der Waals surface area (Å²) in [7, 11) is 0. The van der Waals surface area contributed by atoms with Gasteiger partial charge in [0.05, 0.1) is 0 Å². The van der Waals surface area contributed by atoms with Gasteiger partial charge in [-0.15, -0.1) is 0 Å². The lowest BCUT2D eigenvalue weighted by Gasteiger charge is -2.19. The molecule has 0 aromatic carbocycles. The maximum Gasteiger partial charge on any atom is 0.407 e. The van der Waals surface area contributed by atoms with Crippen molar-refractivity contribution in [1.82, 2.24) is 10.6 Å². The second kappa shape index (κ2) is 7.62. The normalized spacial score (nSPS) is 19.8. The zero-order chi connectivity index (χ0) is 13.4. The summed E-state index contributed by atoms with van der Waals surface area (Å²) in [5, 5.41) is 6.18. The Morgan fingerprint density at radius 2 is 2.11 bits per heavy atom. The Labute approximate surface area is 111 Å². The van der Waals surface area contributed by atoms with Crippen LogP contribution in [0.5, 0.6) is 0 Å². The topological polar surface area (TPSA) is 50.4 Å². The molecule has 106 valence electrons. The van der Waals surface area contributed by atoms with Crippen LogP contribution in [0.25, 0.3) is 0 Å². The fourth-order valence-electron chi connectivity index (χ4n) is 2.20. The summed E-state index contributed by atoms with van der Waals surface area (Å²) in [4.78, 5) is 11.4. The van der Waals surface area contributed by atoms with Crippen molar-refractivity contribution in [2.75, 3.05) is 19.6 Å². The molecule has 18 heavy (non-hydrogen) atoms. The van der Waals surface area contributed by atoms with E-state index in [2.05, 4.69) is 10.6 Å². The Hall–Kier alpha value is -0.770. The maximum atomic E-state index is 11.4. The molecule has 1 fully saturated rings. The van der Waals surface area contributed by atoms with Gasteiger partial charge in [0.25, 0.3) is 0 Å². The molecule has 0 radical (unpaired) electrons. The molecular weight excluding hydrogens is 228 g/mol. The van der Waals surface area contributed by atoms with Crippen molar-refractivity contribution >= 4 is 6.09 Å². The van der Waals surface area contributed by atoms with Crippen LogP contribution in [-0.4, -0.2) is 31.3 Å². The van der Waals surface area contributed by atoms with Crippen molar-refractivity contribution < 1.29 is 9.53 Å². The average Bonchev–Trinajstić information content (AvgIpc) is 2.73. The largest absolute Gasteiger partial charge is 0.444 e. The van der Waals surface area contributed by atoms with Crippen molar-refractivity contribution in [3.05, 3.63) is 0 Å². The molecule has 1 atom stereocenters. The molecule has 0 aromatic heterocycles. The smallest absolute Gasteiger partial charge is 0.407 e. The summed E-state index contributed by atoms with van der Waals surface area (Å²) >= 11 is 0. The minimum absolute atomic E-state index is 0.303. The fraction of sp³-hybridized carbons (Fsp3) is 0.929. The Morgan fingerprint density at radius 3 is 2.72 bits per heavy atom. The molecule has 4 nitrogen and oxygen atoms in total. The molecule has 1 unspecified atom stereocenters. The van der Waals surface area contributed by atoms with E-state index in [9.17, 15) is 4.79 Å². The quantitative estimate of drug-likeness (QED) is 0.718. The fourth-order valence-corrected chi connectivity index (χ4v) is 2.20. The number of carbonyl (C=O) groups is 1. The third-order valence-electron chi connectivity index (χ3n) is 3.12. The Balaban J connectivity index is 1.90. The molecule has 2 N–H and O–H groups in total. The molecule has 1 amide bonds. The van der Waals surface area contributed by atoms with E-state index in [1.54, 1.807) is 0 Å². The third kappa shape index (κ3) is 7.54. The summed E-state index contributed by atoms with van der Waals surface area (Å²) in [5.41, 5.74) is -0.403. The summed E-state index contributed by atoms with van der Waals surface area (Å²) in [6.45, 7) is 8.73. The Bertz CT molecular complexity index is 243. The van der Waals surface area contributed by atoms with Gasteiger partial charge in [0.1, 0.15) is 5.60 Å². The van der Waals surface area contributed by atoms with Gasteiger partial charge < -0.3 is 15.4 Å². The number of alkyl carbamates (subject to hydrolysis) is 1. The molecule has 0 saturated carbocycles. The number of carbonyl (C=O) groups excluding carboxylic acids is 1. The second-order valence-corrected chi connectivity index (χ2v) is 6.14. The molecule has 0 spiro atoms. The molecule has 1 aliphatic rings. The van der Waals surface area contributed by atoms with Crippen LogP contribution in [-0.2, 0) is 4.74 Å². The molecule has 4 heteroatoms. The van der Waals surface area contributed by atoms with Crippen molar-refractivity contribution in [3.8, 4) is 0 Å². The monoisotopic (exact) mass is 256 g/mol. The van der Waals surface area contributed by atoms with Crippen LogP contribution in [0, 0.1) is 5.92 Å². The van der Waals surface area contributed by atoms with Crippen molar-refractivity contribution in [1.29, 1.82) is 0 Å². The molecule has 1 aliphatic heterocycles. The molecule has 0 aliphatic carbocycles. The summed E-state index contributed by atoms with van der Waals surface area (Å²) in [6, 6.07) is 0. The van der Waals surface area contributed by atoms with Crippen LogP contribution in [0.1, 0.15) is 52.9 Å². The van der Waals surface area contributed by atoms with Gasteiger partial charge in [-0.2, -0.15) is 0 Å². The van der Waals surface area contributed by atoms with E-state index in [4.69, 9.17) is 4.74 Å². The predicted octanol–water partition coefficient (Wildman–Crippen LogP) is 2.68. The van der Waals surface area contributed by atoms with Crippen LogP contribution in [0.15, 0.2) is 0 Å². The van der Waals surface area contributed by atoms with Gasteiger partial charge in [-0.3, -0.25) is 0 Å². The second-order valence-electron chi connectivity index (χ2n) is 6.14. The number of amides is 1. The number of hydrogen-bond donors (Lipinski definition) is 2. The first-order valence-corrected chi connectivity index (χ1v) is 7.15. The van der Waals surface area contributed by atoms with Gasteiger partial charge in [0, 0.05) is 6.54 Å². The molecule has 1 rings (SSSR count). The van der Waals surface area contributed by atoms with Gasteiger partial charge >= 0.3 is 6.09 Å². The number of rotatable bonds is 6. The molecule has 0 bridgehead atoms. The summed E-state index contributed by atoms with van der Waals surface area (Å²) in [6.07, 6.45) is 5.84. The standard InChI is InChI=1S/C14H28N2O2/c1-14(2,3)18-13(17)16-9-6-4-5-7-12-8-10-15-11-12/h12,15H,4-11H2,1-3H3,(H,16,17). The predicted molar refractivity (Wildman–Crippen MR) is 73.7 cm³/mol. The lowest BCUT2D eigenvalue weighted by molar-refractivity contribution is 0.0527. The number of nitrogens with one attached hydrogen (secondary N) is 2. The van der Waals surface area contributed by atoms with Gasteiger partial charge in [0.2, 0.25) is 0 Å². The zero-order valence-corrected chi connectivity index (χ0v) is 12.1. The average molecular weight is 256 g/mol. The van der Waals surface area contributed by atoms with Gasteiger partial charge in [-0.05, 0) is 59.0 Å². The van der Waals surface area contributed by atoms with Crippen LogP contribution in [0.4, 0.5) is 4.79 Å². The Kier molecular flexibility index (Phi) is 6.47. The minimum atomic E-state index is -0.403. The first-order valence-electron chi connectivity index (χ1n) is 7.15. The first kappa shape index (κ1) is 15.3. The van der Waals surface area contributed by atoms with E-state index in [1.165, 1.54) is 38.8 Å². The van der Waals surface area contributed by atoms with Gasteiger partial charge in [-0.1, -0.05) is 12.8 Å². The number of hydrogen-bond acceptors (Lipinski definition) is 3. The van der Waals surface area contributed by atoms with Crippen LogP contribution in [0.2, 0.25) is 0 Å². The van der Waals surface area contributed by atoms with E-state index < -0.39 is 5.60 Å². The SMILES string of the molecule is CC(C)(C)OC(=O)NCCCCCC1CCNC1. The van der Waals surface area contributed by atoms with E-state index in [0.29, 0.717) is 0 Å². The highest BCUT2D eigenvalue weighted by Gasteiger charge is 2.15. The van der Waals surface area contributed by atoms with Gasteiger partial charge in [0.15, 0.2) is 0 Å². The lowest BCUT2D eigenvalue weighted by Crippen LogP contribution is -2.32. The van der Waals surface area contributed by atoms with Crippen molar-refractivity contribution in [2.45, 2.75) is 58.5 Å². The first-order chi connectivity index (χ1) is 8.47. The highest BCUT2D eigenvalue weighted by Crippen LogP contribution is 2.15. The van der Waals surface area contributed by atoms with Crippen LogP contribution < -0.4 is 10.6 Å².